The van der Waals surface area contributed by atoms with Gasteiger partial charge in [0, 0.05) is 27.0 Å². The molecule has 0 aliphatic heterocycles. The minimum absolute atomic E-state index is 0.0106. The molecule has 1 aromatic heterocycles. The van der Waals surface area contributed by atoms with Gasteiger partial charge >= 0.3 is 5.97 Å². The maximum atomic E-state index is 11.8. The van der Waals surface area contributed by atoms with Crippen LogP contribution >= 0.6 is 35.2 Å². The molecule has 3 rings (SSSR count). The Hall–Kier alpha value is -2.48. The van der Waals surface area contributed by atoms with Gasteiger partial charge in [0.1, 0.15) is 4.88 Å². The Morgan fingerprint density at radius 2 is 1.70 bits per heavy atom. The lowest BCUT2D eigenvalue weighted by molar-refractivity contribution is 0.0606. The quantitative estimate of drug-likeness (QED) is 0.338. The number of hydrogen-bond acceptors (Lipinski definition) is 5. The molecule has 0 amide bonds. The topological polar surface area (TPSA) is 67.4 Å². The fourth-order valence-corrected chi connectivity index (χ4v) is 4.15. The number of nitrogens with one attached hydrogen (secondary N) is 2. The van der Waals surface area contributed by atoms with Crippen LogP contribution < -0.4 is 10.6 Å². The van der Waals surface area contributed by atoms with Crippen LogP contribution in [0.15, 0.2) is 42.5 Å². The molecule has 2 aromatic carbocycles. The number of thiocarbonyl (C=S) groups is 1. The average molecular weight is 419 g/mol. The van der Waals surface area contributed by atoms with Crippen molar-refractivity contribution < 1.29 is 14.3 Å². The van der Waals surface area contributed by atoms with Crippen molar-refractivity contribution in [1.82, 2.24) is 0 Å². The summed E-state index contributed by atoms with van der Waals surface area (Å²) >= 11 is 12.9. The summed E-state index contributed by atoms with van der Waals surface area (Å²) < 4.78 is 5.60. The summed E-state index contributed by atoms with van der Waals surface area (Å²) in [6, 6.07) is 12.6. The number of ether oxygens (including phenoxy) is 1. The summed E-state index contributed by atoms with van der Waals surface area (Å²) in [5, 5.41) is 7.73. The first-order valence-electron chi connectivity index (χ1n) is 7.88. The molecule has 0 radical (unpaired) electrons. The van der Waals surface area contributed by atoms with Gasteiger partial charge in [-0.15, -0.1) is 11.3 Å². The van der Waals surface area contributed by atoms with E-state index in [1.54, 1.807) is 24.3 Å². The van der Waals surface area contributed by atoms with Gasteiger partial charge in [-0.25, -0.2) is 4.79 Å². The van der Waals surface area contributed by atoms with Crippen molar-refractivity contribution in [3.8, 4) is 0 Å². The third kappa shape index (κ3) is 4.27. The maximum Gasteiger partial charge on any atom is 0.349 e. The number of rotatable bonds is 4. The van der Waals surface area contributed by atoms with E-state index in [0.717, 1.165) is 21.5 Å². The molecule has 0 saturated heterocycles. The third-order valence-corrected chi connectivity index (χ3v) is 5.65. The van der Waals surface area contributed by atoms with Crippen molar-refractivity contribution in [3.63, 3.8) is 0 Å². The predicted molar refractivity (Wildman–Crippen MR) is 114 cm³/mol. The van der Waals surface area contributed by atoms with Crippen molar-refractivity contribution in [2.24, 2.45) is 0 Å². The van der Waals surface area contributed by atoms with E-state index >= 15 is 0 Å². The molecule has 0 spiro atoms. The highest BCUT2D eigenvalue weighted by atomic mass is 35.5. The largest absolute Gasteiger partial charge is 0.465 e. The fraction of sp³-hybridized carbons (Fsp3) is 0.105. The zero-order valence-electron chi connectivity index (χ0n) is 14.5. The first kappa shape index (κ1) is 19.3. The summed E-state index contributed by atoms with van der Waals surface area (Å²) in [5.41, 5.74) is 2.17. The Labute approximate surface area is 170 Å². The van der Waals surface area contributed by atoms with Gasteiger partial charge in [-0.2, -0.15) is 0 Å². The van der Waals surface area contributed by atoms with E-state index < -0.39 is 5.97 Å². The molecule has 138 valence electrons. The lowest BCUT2D eigenvalue weighted by Gasteiger charge is -2.11. The molecule has 8 heteroatoms. The van der Waals surface area contributed by atoms with Crippen LogP contribution in [0.4, 0.5) is 11.4 Å². The van der Waals surface area contributed by atoms with Crippen LogP contribution in [0, 0.1) is 0 Å². The SMILES string of the molecule is COC(=O)c1sc2cc(NC(=S)Nc3ccc(C(C)=O)cc3)ccc2c1Cl. The van der Waals surface area contributed by atoms with Gasteiger partial charge in [-0.05, 0) is 61.6 Å². The first-order chi connectivity index (χ1) is 12.9. The molecule has 1 heterocycles. The summed E-state index contributed by atoms with van der Waals surface area (Å²) in [5.74, 6) is -0.446. The van der Waals surface area contributed by atoms with E-state index in [0.29, 0.717) is 20.6 Å². The van der Waals surface area contributed by atoms with Crippen LogP contribution in [0.5, 0.6) is 0 Å². The number of methoxy groups -OCH3 is 1. The monoisotopic (exact) mass is 418 g/mol. The Morgan fingerprint density at radius 3 is 2.33 bits per heavy atom. The molecule has 2 N–H and O–H groups in total. The molecule has 0 fully saturated rings. The highest BCUT2D eigenvalue weighted by molar-refractivity contribution is 7.80. The number of benzene rings is 2. The van der Waals surface area contributed by atoms with E-state index in [1.165, 1.54) is 25.4 Å². The molecule has 0 saturated carbocycles. The zero-order valence-corrected chi connectivity index (χ0v) is 16.8. The highest BCUT2D eigenvalue weighted by Crippen LogP contribution is 2.37. The Bertz CT molecular complexity index is 1050. The number of carbonyl (C=O) groups is 2. The van der Waals surface area contributed by atoms with Crippen LogP contribution in [0.25, 0.3) is 10.1 Å². The second-order valence-electron chi connectivity index (χ2n) is 5.66. The number of halogens is 1. The Balaban J connectivity index is 1.74. The van der Waals surface area contributed by atoms with Gasteiger partial charge in [-0.1, -0.05) is 11.6 Å². The van der Waals surface area contributed by atoms with E-state index in [1.807, 2.05) is 18.2 Å². The van der Waals surface area contributed by atoms with Crippen LogP contribution in [0.2, 0.25) is 5.02 Å². The minimum atomic E-state index is -0.457. The molecular formula is C19H15ClN2O3S2. The summed E-state index contributed by atoms with van der Waals surface area (Å²) in [7, 11) is 1.32. The summed E-state index contributed by atoms with van der Waals surface area (Å²) in [4.78, 5) is 23.5. The molecule has 5 nitrogen and oxygen atoms in total. The molecule has 0 aliphatic rings. The lowest BCUT2D eigenvalue weighted by atomic mass is 10.1. The van der Waals surface area contributed by atoms with E-state index in [2.05, 4.69) is 10.6 Å². The van der Waals surface area contributed by atoms with E-state index in [4.69, 9.17) is 28.6 Å². The van der Waals surface area contributed by atoms with Crippen molar-refractivity contribution >= 4 is 73.5 Å². The molecule has 0 atom stereocenters. The normalized spacial score (nSPS) is 10.5. The van der Waals surface area contributed by atoms with E-state index in [-0.39, 0.29) is 5.78 Å². The van der Waals surface area contributed by atoms with Gasteiger partial charge in [0.15, 0.2) is 10.9 Å². The van der Waals surface area contributed by atoms with Crippen molar-refractivity contribution in [1.29, 1.82) is 0 Å². The van der Waals surface area contributed by atoms with Gasteiger partial charge < -0.3 is 15.4 Å². The molecule has 0 unspecified atom stereocenters. The molecular weight excluding hydrogens is 404 g/mol. The smallest absolute Gasteiger partial charge is 0.349 e. The van der Waals surface area contributed by atoms with Gasteiger partial charge in [0.25, 0.3) is 0 Å². The number of fused-ring (bicyclic) bond motifs is 1. The third-order valence-electron chi connectivity index (χ3n) is 3.81. The molecule has 3 aromatic rings. The number of thiophene rings is 1. The van der Waals surface area contributed by atoms with Crippen molar-refractivity contribution in [3.05, 3.63) is 57.9 Å². The number of Topliss-reactive ketones (excluding diaryl/α,β-unsaturated/α-hetero) is 1. The number of anilines is 2. The molecule has 0 aliphatic carbocycles. The van der Waals surface area contributed by atoms with Crippen LogP contribution in [0.3, 0.4) is 0 Å². The maximum absolute atomic E-state index is 11.8. The number of ketones is 1. The van der Waals surface area contributed by atoms with E-state index in [9.17, 15) is 9.59 Å². The minimum Gasteiger partial charge on any atom is -0.465 e. The van der Waals surface area contributed by atoms with Crippen LogP contribution in [0.1, 0.15) is 27.0 Å². The van der Waals surface area contributed by atoms with Crippen molar-refractivity contribution in [2.75, 3.05) is 17.7 Å². The highest BCUT2D eigenvalue weighted by Gasteiger charge is 2.17. The number of carbonyl (C=O) groups excluding carboxylic acids is 2. The molecule has 27 heavy (non-hydrogen) atoms. The van der Waals surface area contributed by atoms with Crippen molar-refractivity contribution in [2.45, 2.75) is 6.92 Å². The Kier molecular flexibility index (Phi) is 5.74. The molecule has 0 bridgehead atoms. The van der Waals surface area contributed by atoms with Gasteiger partial charge in [-0.3, -0.25) is 4.79 Å². The zero-order chi connectivity index (χ0) is 19.6. The average Bonchev–Trinajstić information content (AvgIpc) is 2.97. The summed E-state index contributed by atoms with van der Waals surface area (Å²) in [6.07, 6.45) is 0. The second-order valence-corrected chi connectivity index (χ2v) is 7.50. The van der Waals surface area contributed by atoms with Crippen LogP contribution in [-0.4, -0.2) is 24.0 Å². The van der Waals surface area contributed by atoms with Gasteiger partial charge in [0.05, 0.1) is 12.1 Å². The number of esters is 1. The fourth-order valence-electron chi connectivity index (χ4n) is 2.45. The predicted octanol–water partition coefficient (Wildman–Crippen LogP) is 5.35. The first-order valence-corrected chi connectivity index (χ1v) is 9.48. The van der Waals surface area contributed by atoms with Gasteiger partial charge in [0.2, 0.25) is 0 Å². The Morgan fingerprint density at radius 1 is 1.07 bits per heavy atom. The second kappa shape index (κ2) is 8.04. The number of hydrogen-bond donors (Lipinski definition) is 2. The van der Waals surface area contributed by atoms with Crippen LogP contribution in [-0.2, 0) is 4.74 Å². The summed E-state index contributed by atoms with van der Waals surface area (Å²) in [6.45, 7) is 1.52. The lowest BCUT2D eigenvalue weighted by Crippen LogP contribution is -2.18. The standard InChI is InChI=1S/C19H15ClN2O3S2/c1-10(23)11-3-5-12(6-4-11)21-19(26)22-13-7-8-14-15(9-13)27-17(16(14)20)18(24)25-2/h3-9H,1-2H3,(H2,21,22,26).